The van der Waals surface area contributed by atoms with E-state index in [4.69, 9.17) is 0 Å². The second kappa shape index (κ2) is 7.52. The molecule has 0 saturated carbocycles. The van der Waals surface area contributed by atoms with Crippen LogP contribution < -0.4 is 10.0 Å². The Morgan fingerprint density at radius 3 is 2.45 bits per heavy atom. The van der Waals surface area contributed by atoms with Crippen molar-refractivity contribution in [2.75, 3.05) is 5.32 Å². The normalized spacial score (nSPS) is 15.0. The van der Waals surface area contributed by atoms with Crippen molar-refractivity contribution in [2.24, 2.45) is 7.05 Å². The van der Waals surface area contributed by atoms with E-state index < -0.39 is 16.1 Å². The summed E-state index contributed by atoms with van der Waals surface area (Å²) in [6.07, 6.45) is 11.0. The highest BCUT2D eigenvalue weighted by atomic mass is 32.2. The minimum absolute atomic E-state index is 0.208. The number of anilines is 1. The zero-order valence-electron chi connectivity index (χ0n) is 17.3. The van der Waals surface area contributed by atoms with E-state index in [-0.39, 0.29) is 5.03 Å². The van der Waals surface area contributed by atoms with Crippen molar-refractivity contribution in [3.63, 3.8) is 0 Å². The average molecular weight is 441 g/mol. The highest BCUT2D eigenvalue weighted by molar-refractivity contribution is 7.90. The summed E-state index contributed by atoms with van der Waals surface area (Å²) in [5.74, 6) is 0.740. The highest BCUT2D eigenvalue weighted by Crippen LogP contribution is 2.38. The molecule has 0 saturated heterocycles. The Hall–Kier alpha value is -3.14. The number of carbonyl (C=O) groups is 1. The van der Waals surface area contributed by atoms with Gasteiger partial charge in [-0.1, -0.05) is 6.07 Å². The van der Waals surface area contributed by atoms with Gasteiger partial charge in [-0.05, 0) is 66.8 Å². The van der Waals surface area contributed by atoms with Gasteiger partial charge in [0.25, 0.3) is 10.0 Å². The molecule has 2 aromatic heterocycles. The number of hydrogen-bond acceptors (Lipinski definition) is 5. The monoisotopic (exact) mass is 440 g/mol. The molecule has 0 aliphatic heterocycles. The lowest BCUT2D eigenvalue weighted by Gasteiger charge is -2.16. The Balaban J connectivity index is 1.33. The molecule has 0 spiro atoms. The van der Waals surface area contributed by atoms with Gasteiger partial charge in [-0.2, -0.15) is 13.5 Å². The van der Waals surface area contributed by atoms with E-state index in [2.05, 4.69) is 26.2 Å². The number of urea groups is 1. The fourth-order valence-corrected chi connectivity index (χ4v) is 5.40. The molecule has 2 heterocycles. The fourth-order valence-electron chi connectivity index (χ4n) is 4.55. The Morgan fingerprint density at radius 2 is 1.81 bits per heavy atom. The fraction of sp³-hybridized carbons (Fsp3) is 0.381. The van der Waals surface area contributed by atoms with E-state index in [1.54, 1.807) is 18.6 Å². The molecular weight excluding hydrogens is 416 g/mol. The highest BCUT2D eigenvalue weighted by Gasteiger charge is 2.27. The van der Waals surface area contributed by atoms with Crippen LogP contribution in [0, 0.1) is 0 Å². The van der Waals surface area contributed by atoms with Crippen molar-refractivity contribution < 1.29 is 13.2 Å². The number of nitrogens with one attached hydrogen (secondary N) is 2. The molecule has 162 valence electrons. The molecule has 2 aliphatic rings. The van der Waals surface area contributed by atoms with Gasteiger partial charge in [0.1, 0.15) is 5.82 Å². The van der Waals surface area contributed by atoms with Crippen LogP contribution in [0.4, 0.5) is 10.5 Å². The number of nitrogens with zero attached hydrogens (tertiary/aromatic N) is 4. The molecule has 2 aliphatic carbocycles. The van der Waals surface area contributed by atoms with Gasteiger partial charge in [-0.3, -0.25) is 4.68 Å². The van der Waals surface area contributed by atoms with Gasteiger partial charge in [-0.25, -0.2) is 14.5 Å². The van der Waals surface area contributed by atoms with E-state index in [1.165, 1.54) is 21.9 Å². The number of imidazole rings is 1. The molecule has 0 atom stereocenters. The van der Waals surface area contributed by atoms with E-state index in [1.807, 2.05) is 11.6 Å². The summed E-state index contributed by atoms with van der Waals surface area (Å²) in [6, 6.07) is 2.88. The molecule has 9 nitrogen and oxygen atoms in total. The molecule has 5 rings (SSSR count). The van der Waals surface area contributed by atoms with Crippen molar-refractivity contribution in [1.29, 1.82) is 0 Å². The van der Waals surface area contributed by atoms with Gasteiger partial charge in [0.15, 0.2) is 5.03 Å². The minimum atomic E-state index is -4.10. The summed E-state index contributed by atoms with van der Waals surface area (Å²) < 4.78 is 30.9. The van der Waals surface area contributed by atoms with E-state index in [0.29, 0.717) is 6.54 Å². The lowest BCUT2D eigenvalue weighted by molar-refractivity contribution is 0.256. The summed E-state index contributed by atoms with van der Waals surface area (Å²) in [4.78, 5) is 16.9. The predicted molar refractivity (Wildman–Crippen MR) is 114 cm³/mol. The summed E-state index contributed by atoms with van der Waals surface area (Å²) in [5, 5.41) is 6.74. The lowest BCUT2D eigenvalue weighted by atomic mass is 9.99. The van der Waals surface area contributed by atoms with Gasteiger partial charge in [0, 0.05) is 31.3 Å². The summed E-state index contributed by atoms with van der Waals surface area (Å²) in [6.45, 7) is 0.327. The number of carbonyl (C=O) groups excluding carboxylic acids is 1. The molecule has 0 bridgehead atoms. The molecule has 1 aromatic carbocycles. The van der Waals surface area contributed by atoms with Gasteiger partial charge in [0.05, 0.1) is 6.54 Å². The molecule has 0 unspecified atom stereocenters. The summed E-state index contributed by atoms with van der Waals surface area (Å²) in [7, 11) is -2.24. The Labute approximate surface area is 180 Å². The van der Waals surface area contributed by atoms with Crippen LogP contribution in [0.3, 0.4) is 0 Å². The molecule has 0 radical (unpaired) electrons. The number of benzene rings is 1. The lowest BCUT2D eigenvalue weighted by Crippen LogP contribution is -2.35. The number of aromatic nitrogens is 4. The SMILES string of the molecule is Cn1ccnc1Cn1ccc(S(=O)(=O)NC(=O)Nc2c3c(cc4c2CCC4)CCC3)n1. The van der Waals surface area contributed by atoms with Crippen LogP contribution in [-0.4, -0.2) is 33.8 Å². The van der Waals surface area contributed by atoms with Gasteiger partial charge >= 0.3 is 6.03 Å². The molecule has 2 amide bonds. The van der Waals surface area contributed by atoms with Crippen LogP contribution in [0.5, 0.6) is 0 Å². The largest absolute Gasteiger partial charge is 0.336 e. The Morgan fingerprint density at radius 1 is 1.10 bits per heavy atom. The second-order valence-electron chi connectivity index (χ2n) is 8.10. The minimum Gasteiger partial charge on any atom is -0.336 e. The Kier molecular flexibility index (Phi) is 4.81. The van der Waals surface area contributed by atoms with Crippen molar-refractivity contribution >= 4 is 21.7 Å². The van der Waals surface area contributed by atoms with Crippen LogP contribution in [0.1, 0.15) is 40.9 Å². The van der Waals surface area contributed by atoms with Gasteiger partial charge < -0.3 is 9.88 Å². The predicted octanol–water partition coefficient (Wildman–Crippen LogP) is 2.15. The number of rotatable bonds is 5. The average Bonchev–Trinajstić information content (AvgIpc) is 3.49. The smallest absolute Gasteiger partial charge is 0.333 e. The summed E-state index contributed by atoms with van der Waals surface area (Å²) in [5.41, 5.74) is 5.63. The maximum atomic E-state index is 12.7. The zero-order chi connectivity index (χ0) is 21.6. The molecule has 2 N–H and O–H groups in total. The van der Waals surface area contributed by atoms with Crippen molar-refractivity contribution in [2.45, 2.75) is 50.1 Å². The number of sulfonamides is 1. The van der Waals surface area contributed by atoms with Crippen LogP contribution in [0.2, 0.25) is 0 Å². The first-order chi connectivity index (χ1) is 14.9. The molecule has 10 heteroatoms. The zero-order valence-corrected chi connectivity index (χ0v) is 18.1. The third-order valence-corrected chi connectivity index (χ3v) is 7.28. The topological polar surface area (TPSA) is 111 Å². The van der Waals surface area contributed by atoms with Crippen LogP contribution in [0.15, 0.2) is 35.7 Å². The summed E-state index contributed by atoms with van der Waals surface area (Å²) >= 11 is 0. The third-order valence-electron chi connectivity index (χ3n) is 6.05. The number of hydrogen-bond donors (Lipinski definition) is 2. The molecule has 0 fully saturated rings. The number of fused-ring (bicyclic) bond motifs is 2. The van der Waals surface area contributed by atoms with Crippen molar-refractivity contribution in [1.82, 2.24) is 24.1 Å². The van der Waals surface area contributed by atoms with Crippen molar-refractivity contribution in [3.05, 3.63) is 58.8 Å². The maximum absolute atomic E-state index is 12.7. The second-order valence-corrected chi connectivity index (χ2v) is 9.73. The quantitative estimate of drug-likeness (QED) is 0.632. The molecule has 3 aromatic rings. The van der Waals surface area contributed by atoms with Gasteiger partial charge in [0.2, 0.25) is 0 Å². The number of aryl methyl sites for hydroxylation is 3. The van der Waals surface area contributed by atoms with E-state index >= 15 is 0 Å². The Bertz CT molecular complexity index is 1240. The van der Waals surface area contributed by atoms with E-state index in [9.17, 15) is 13.2 Å². The van der Waals surface area contributed by atoms with Crippen LogP contribution >= 0.6 is 0 Å². The first kappa shape index (κ1) is 19.8. The first-order valence-electron chi connectivity index (χ1n) is 10.4. The number of amides is 2. The standard InChI is InChI=1S/C21H24N6O3S/c1-26-11-9-22-18(26)13-27-10-8-19(24-27)31(29,30)25-21(28)23-20-16-6-2-4-14(16)12-15-5-3-7-17(15)20/h8-12H,2-7,13H2,1H3,(H2,23,25,28). The van der Waals surface area contributed by atoms with Crippen LogP contribution in [0.25, 0.3) is 0 Å². The van der Waals surface area contributed by atoms with E-state index in [0.717, 1.165) is 61.2 Å². The first-order valence-corrected chi connectivity index (χ1v) is 11.9. The van der Waals surface area contributed by atoms with Gasteiger partial charge in [-0.15, -0.1) is 0 Å². The van der Waals surface area contributed by atoms with Crippen LogP contribution in [-0.2, 0) is 49.3 Å². The third kappa shape index (κ3) is 3.71. The van der Waals surface area contributed by atoms with Crippen molar-refractivity contribution in [3.8, 4) is 0 Å². The molecule has 31 heavy (non-hydrogen) atoms. The maximum Gasteiger partial charge on any atom is 0.333 e. The molecular formula is C21H24N6O3S.